The van der Waals surface area contributed by atoms with E-state index in [9.17, 15) is 10.2 Å². The van der Waals surface area contributed by atoms with Gasteiger partial charge in [0.2, 0.25) is 0 Å². The molecule has 0 unspecified atom stereocenters. The number of aryl methyl sites for hydroxylation is 2. The van der Waals surface area contributed by atoms with Crippen LogP contribution in [-0.4, -0.2) is 10.2 Å². The van der Waals surface area contributed by atoms with Crippen LogP contribution in [0, 0.1) is 0 Å². The van der Waals surface area contributed by atoms with Crippen molar-refractivity contribution < 1.29 is 19.7 Å². The Kier molecular flexibility index (Phi) is 7.02. The smallest absolute Gasteiger partial charge is 0.130 e. The van der Waals surface area contributed by atoms with Crippen LogP contribution >= 0.6 is 0 Å². The van der Waals surface area contributed by atoms with Gasteiger partial charge < -0.3 is 19.7 Å². The number of aromatic hydroxyl groups is 2. The molecular weight excluding hydrogens is 436 g/mol. The summed E-state index contributed by atoms with van der Waals surface area (Å²) in [5, 5.41) is 19.0. The minimum atomic E-state index is -0.220. The van der Waals surface area contributed by atoms with Crippen molar-refractivity contribution in [1.82, 2.24) is 0 Å². The fraction of sp³-hybridized carbons (Fsp3) is 0.226. The van der Waals surface area contributed by atoms with E-state index < -0.39 is 0 Å². The number of ether oxygens (including phenoxy) is 2. The van der Waals surface area contributed by atoms with Crippen LogP contribution in [0.1, 0.15) is 49.9 Å². The van der Waals surface area contributed by atoms with E-state index in [0.29, 0.717) is 11.5 Å². The Hall–Kier alpha value is -3.92. The Bertz CT molecular complexity index is 1190. The number of benzene rings is 4. The molecule has 2 N–H and O–H groups in total. The third-order valence-electron chi connectivity index (χ3n) is 6.46. The maximum Gasteiger partial charge on any atom is 0.130 e. The highest BCUT2D eigenvalue weighted by molar-refractivity contribution is 5.49. The number of phenolic OH excluding ortho intramolecular Hbond substituents is 2. The molecule has 0 radical (unpaired) electrons. The molecule has 0 fully saturated rings. The fourth-order valence-corrected chi connectivity index (χ4v) is 4.14. The van der Waals surface area contributed by atoms with Crippen molar-refractivity contribution in [3.63, 3.8) is 0 Å². The lowest BCUT2D eigenvalue weighted by molar-refractivity contribution is 0.461. The first-order valence-corrected chi connectivity index (χ1v) is 12.0. The summed E-state index contributed by atoms with van der Waals surface area (Å²) in [7, 11) is 0. The Morgan fingerprint density at radius 3 is 1.29 bits per heavy atom. The highest BCUT2D eigenvalue weighted by atomic mass is 16.5. The average Bonchev–Trinajstić information content (AvgIpc) is 2.87. The molecular formula is C31H32O4. The normalized spacial score (nSPS) is 11.3. The van der Waals surface area contributed by atoms with E-state index in [1.807, 2.05) is 12.1 Å². The van der Waals surface area contributed by atoms with Gasteiger partial charge in [0.15, 0.2) is 0 Å². The SMILES string of the molecule is CCc1cc(C(C)(C)c2ccc(Oc3ccc(O)cc3)c(CC)c2)ccc1Oc1ccc(O)cc1. The zero-order chi connectivity index (χ0) is 25.0. The van der Waals surface area contributed by atoms with Crippen LogP contribution in [0.2, 0.25) is 0 Å². The Morgan fingerprint density at radius 2 is 0.943 bits per heavy atom. The Labute approximate surface area is 207 Å². The third kappa shape index (κ3) is 5.43. The van der Waals surface area contributed by atoms with Gasteiger partial charge in [-0.05, 0) is 95.8 Å². The topological polar surface area (TPSA) is 58.9 Å². The molecule has 0 saturated carbocycles. The first-order valence-electron chi connectivity index (χ1n) is 12.0. The van der Waals surface area contributed by atoms with Crippen LogP contribution in [-0.2, 0) is 18.3 Å². The number of hydrogen-bond donors (Lipinski definition) is 2. The summed E-state index contributed by atoms with van der Waals surface area (Å²) in [5.41, 5.74) is 4.46. The van der Waals surface area contributed by atoms with E-state index in [4.69, 9.17) is 9.47 Å². The van der Waals surface area contributed by atoms with Gasteiger partial charge >= 0.3 is 0 Å². The molecule has 0 aromatic heterocycles. The van der Waals surface area contributed by atoms with Gasteiger partial charge in [0, 0.05) is 5.41 Å². The molecule has 0 amide bonds. The molecule has 35 heavy (non-hydrogen) atoms. The van der Waals surface area contributed by atoms with Crippen LogP contribution < -0.4 is 9.47 Å². The molecule has 0 saturated heterocycles. The predicted molar refractivity (Wildman–Crippen MR) is 140 cm³/mol. The maximum atomic E-state index is 9.52. The van der Waals surface area contributed by atoms with Gasteiger partial charge in [-0.1, -0.05) is 52.0 Å². The Balaban J connectivity index is 1.61. The molecule has 0 heterocycles. The minimum absolute atomic E-state index is 0.219. The lowest BCUT2D eigenvalue weighted by Gasteiger charge is -2.28. The first-order chi connectivity index (χ1) is 16.8. The molecule has 180 valence electrons. The lowest BCUT2D eigenvalue weighted by Crippen LogP contribution is -2.19. The number of rotatable bonds is 8. The maximum absolute atomic E-state index is 9.52. The van der Waals surface area contributed by atoms with Crippen molar-refractivity contribution in [2.75, 3.05) is 0 Å². The zero-order valence-electron chi connectivity index (χ0n) is 20.7. The van der Waals surface area contributed by atoms with Crippen LogP contribution in [0.3, 0.4) is 0 Å². The van der Waals surface area contributed by atoms with Crippen LogP contribution in [0.4, 0.5) is 0 Å². The van der Waals surface area contributed by atoms with E-state index in [2.05, 4.69) is 52.0 Å². The van der Waals surface area contributed by atoms with Gasteiger partial charge in [0.05, 0.1) is 0 Å². The second kappa shape index (κ2) is 10.1. The monoisotopic (exact) mass is 468 g/mol. The van der Waals surface area contributed by atoms with Gasteiger partial charge in [-0.2, -0.15) is 0 Å². The first kappa shape index (κ1) is 24.2. The third-order valence-corrected chi connectivity index (χ3v) is 6.46. The summed E-state index contributed by atoms with van der Waals surface area (Å²) in [6, 6.07) is 26.3. The molecule has 0 bridgehead atoms. The van der Waals surface area contributed by atoms with Gasteiger partial charge in [-0.15, -0.1) is 0 Å². The van der Waals surface area contributed by atoms with Crippen LogP contribution in [0.25, 0.3) is 0 Å². The molecule has 0 atom stereocenters. The second-order valence-electron chi connectivity index (χ2n) is 9.17. The van der Waals surface area contributed by atoms with Crippen molar-refractivity contribution in [3.8, 4) is 34.5 Å². The molecule has 4 nitrogen and oxygen atoms in total. The minimum Gasteiger partial charge on any atom is -0.508 e. The second-order valence-corrected chi connectivity index (χ2v) is 9.17. The van der Waals surface area contributed by atoms with Gasteiger partial charge in [-0.3, -0.25) is 0 Å². The van der Waals surface area contributed by atoms with Gasteiger partial charge in [0.1, 0.15) is 34.5 Å². The average molecular weight is 469 g/mol. The summed E-state index contributed by atoms with van der Waals surface area (Å²) < 4.78 is 12.2. The predicted octanol–water partition coefficient (Wildman–Crippen LogP) is 8.13. The van der Waals surface area contributed by atoms with E-state index >= 15 is 0 Å². The molecule has 0 aliphatic carbocycles. The summed E-state index contributed by atoms with van der Waals surface area (Å²) >= 11 is 0. The van der Waals surface area contributed by atoms with Crippen LogP contribution in [0.15, 0.2) is 84.9 Å². The quantitative estimate of drug-likeness (QED) is 0.274. The Morgan fingerprint density at radius 1 is 0.571 bits per heavy atom. The van der Waals surface area contributed by atoms with E-state index in [0.717, 1.165) is 35.5 Å². The molecule has 4 heteroatoms. The van der Waals surface area contributed by atoms with E-state index in [1.54, 1.807) is 48.5 Å². The summed E-state index contributed by atoms with van der Waals surface area (Å²) in [6.07, 6.45) is 1.69. The largest absolute Gasteiger partial charge is 0.508 e. The fourth-order valence-electron chi connectivity index (χ4n) is 4.14. The summed E-state index contributed by atoms with van der Waals surface area (Å²) in [5.74, 6) is 3.48. The van der Waals surface area contributed by atoms with Crippen molar-refractivity contribution in [2.24, 2.45) is 0 Å². The van der Waals surface area contributed by atoms with Gasteiger partial charge in [0.25, 0.3) is 0 Å². The highest BCUT2D eigenvalue weighted by Crippen LogP contribution is 2.38. The molecule has 0 aliphatic rings. The van der Waals surface area contributed by atoms with Crippen molar-refractivity contribution in [1.29, 1.82) is 0 Å². The van der Waals surface area contributed by atoms with Crippen molar-refractivity contribution in [2.45, 2.75) is 46.0 Å². The number of hydrogen-bond acceptors (Lipinski definition) is 4. The van der Waals surface area contributed by atoms with E-state index in [-0.39, 0.29) is 16.9 Å². The number of phenols is 2. The molecule has 0 spiro atoms. The summed E-state index contributed by atoms with van der Waals surface area (Å²) in [4.78, 5) is 0. The van der Waals surface area contributed by atoms with Crippen molar-refractivity contribution >= 4 is 0 Å². The van der Waals surface area contributed by atoms with Gasteiger partial charge in [-0.25, -0.2) is 0 Å². The standard InChI is InChI=1S/C31H32O4/c1-5-21-19-23(7-17-29(21)34-27-13-9-25(32)10-14-27)31(3,4)24-8-18-30(22(6-2)20-24)35-28-15-11-26(33)12-16-28/h7-20,32-33H,5-6H2,1-4H3. The highest BCUT2D eigenvalue weighted by Gasteiger charge is 2.25. The lowest BCUT2D eigenvalue weighted by atomic mass is 9.77. The van der Waals surface area contributed by atoms with Crippen molar-refractivity contribution in [3.05, 3.63) is 107 Å². The van der Waals surface area contributed by atoms with E-state index in [1.165, 1.54) is 11.1 Å². The molecule has 4 aromatic carbocycles. The molecule has 0 aliphatic heterocycles. The summed E-state index contributed by atoms with van der Waals surface area (Å²) in [6.45, 7) is 8.72. The van der Waals surface area contributed by atoms with Crippen LogP contribution in [0.5, 0.6) is 34.5 Å². The molecule has 4 rings (SSSR count). The zero-order valence-corrected chi connectivity index (χ0v) is 20.7. The molecule has 4 aromatic rings.